The molecule has 0 spiro atoms. The van der Waals surface area contributed by atoms with Gasteiger partial charge in [-0.25, -0.2) is 0 Å². The van der Waals surface area contributed by atoms with Crippen molar-refractivity contribution < 1.29 is 0 Å². The number of aromatic nitrogens is 1. The normalized spacial score (nSPS) is 13.6. The molecule has 1 aliphatic rings. The van der Waals surface area contributed by atoms with Crippen LogP contribution in [0.1, 0.15) is 5.56 Å². The highest BCUT2D eigenvalue weighted by molar-refractivity contribution is 6.51. The molecule has 4 heteroatoms. The first kappa shape index (κ1) is 30.2. The number of para-hydroxylation sites is 1. The monoisotopic (exact) mass is 652 g/mol. The Morgan fingerprint density at radius 1 is 0.490 bits per heavy atom. The van der Waals surface area contributed by atoms with Crippen LogP contribution in [-0.4, -0.2) is 16.4 Å². The zero-order valence-corrected chi connectivity index (χ0v) is 27.7. The maximum atomic E-state index is 8.84. The minimum atomic E-state index is 0.354. The third-order valence-corrected chi connectivity index (χ3v) is 9.59. The Labute approximate surface area is 296 Å². The lowest BCUT2D eigenvalue weighted by Gasteiger charge is -2.18. The fraction of sp³-hybridized carbons (Fsp3) is 0. The molecule has 0 radical (unpaired) electrons. The first-order chi connectivity index (χ1) is 25.2. The maximum absolute atomic E-state index is 8.84. The van der Waals surface area contributed by atoms with Crippen molar-refractivity contribution in [1.82, 2.24) is 4.98 Å². The number of hydrazone groups is 1. The zero-order valence-electron chi connectivity index (χ0n) is 27.7. The van der Waals surface area contributed by atoms with Gasteiger partial charge in [0.05, 0.1) is 16.9 Å². The smallest absolute Gasteiger partial charge is 0.108 e. The van der Waals surface area contributed by atoms with Gasteiger partial charge in [-0.3, -0.25) is 15.8 Å². The van der Waals surface area contributed by atoms with Crippen molar-refractivity contribution in [2.75, 3.05) is 5.43 Å². The minimum Gasteiger partial charge on any atom is -0.299 e. The molecule has 2 N–H and O–H groups in total. The van der Waals surface area contributed by atoms with Gasteiger partial charge < -0.3 is 0 Å². The lowest BCUT2D eigenvalue weighted by atomic mass is 9.85. The van der Waals surface area contributed by atoms with Crippen LogP contribution in [-0.2, 0) is 0 Å². The van der Waals surface area contributed by atoms with E-state index in [-0.39, 0.29) is 0 Å². The van der Waals surface area contributed by atoms with E-state index in [2.05, 4.69) is 143 Å². The van der Waals surface area contributed by atoms with Crippen molar-refractivity contribution in [1.29, 1.82) is 5.41 Å². The van der Waals surface area contributed by atoms with Gasteiger partial charge in [0, 0.05) is 17.1 Å². The van der Waals surface area contributed by atoms with E-state index in [4.69, 9.17) is 5.41 Å². The molecular weight excluding hydrogens is 621 g/mol. The molecule has 1 heterocycles. The Hall–Kier alpha value is -6.91. The standard InChI is InChI=1S/C47H32N4/c48-43-29-34(23-26-45(43)51-50-38-24-21-31(22-25-38)37-28-35-13-4-9-20-44(35)49-30-37)33-14-10-15-36(27-33)47-41-18-7-5-16-39(41)46(32-11-2-1-3-12-32)40-17-6-8-19-42(40)47/h1-30,48,50H/b48-43?,51-45-. The predicted molar refractivity (Wildman–Crippen MR) is 215 cm³/mol. The number of benzene rings is 7. The van der Waals surface area contributed by atoms with Gasteiger partial charge in [-0.2, -0.15) is 5.10 Å². The Morgan fingerprint density at radius 3 is 1.80 bits per heavy atom. The second-order valence-corrected chi connectivity index (χ2v) is 12.7. The summed E-state index contributed by atoms with van der Waals surface area (Å²) in [4.78, 5) is 4.60. The average molecular weight is 653 g/mol. The number of hydrogen-bond donors (Lipinski definition) is 2. The fourth-order valence-electron chi connectivity index (χ4n) is 7.11. The summed E-state index contributed by atoms with van der Waals surface area (Å²) >= 11 is 0. The van der Waals surface area contributed by atoms with Crippen molar-refractivity contribution in [2.45, 2.75) is 0 Å². The van der Waals surface area contributed by atoms with Crippen LogP contribution in [0.15, 0.2) is 187 Å². The lowest BCUT2D eigenvalue weighted by Crippen LogP contribution is -2.13. The van der Waals surface area contributed by atoms with Crippen LogP contribution in [0.4, 0.5) is 5.69 Å². The number of allylic oxidation sites excluding steroid dienone is 4. The van der Waals surface area contributed by atoms with Gasteiger partial charge in [-0.15, -0.1) is 0 Å². The molecule has 0 atom stereocenters. The summed E-state index contributed by atoms with van der Waals surface area (Å²) in [5.74, 6) is 0. The number of hydrogen-bond acceptors (Lipinski definition) is 4. The zero-order chi connectivity index (χ0) is 34.1. The quantitative estimate of drug-likeness (QED) is 0.107. The molecule has 240 valence electrons. The summed E-state index contributed by atoms with van der Waals surface area (Å²) < 4.78 is 0. The topological polar surface area (TPSA) is 61.1 Å². The lowest BCUT2D eigenvalue weighted by molar-refractivity contribution is 1.34. The summed E-state index contributed by atoms with van der Waals surface area (Å²) in [6, 6.07) is 55.2. The number of pyridine rings is 1. The van der Waals surface area contributed by atoms with Crippen LogP contribution in [0.3, 0.4) is 0 Å². The summed E-state index contributed by atoms with van der Waals surface area (Å²) in [5.41, 5.74) is 14.9. The highest BCUT2D eigenvalue weighted by atomic mass is 15.3. The van der Waals surface area contributed by atoms with Crippen LogP contribution in [0, 0.1) is 5.41 Å². The fourth-order valence-corrected chi connectivity index (χ4v) is 7.11. The van der Waals surface area contributed by atoms with Gasteiger partial charge in [0.2, 0.25) is 0 Å². The summed E-state index contributed by atoms with van der Waals surface area (Å²) in [7, 11) is 0. The molecule has 0 aliphatic heterocycles. The second kappa shape index (κ2) is 12.8. The molecule has 0 fully saturated rings. The molecule has 7 aromatic carbocycles. The molecule has 8 aromatic rings. The Bertz CT molecular complexity index is 2660. The van der Waals surface area contributed by atoms with Gasteiger partial charge in [0.1, 0.15) is 5.71 Å². The SMILES string of the molecule is N=C1C=C(c2cccc(-c3c4ccccc4c(-c4ccccc4)c4ccccc34)c2)C=C/C1=N/Nc1ccc(-c2cnc3ccccc3c2)cc1. The molecule has 0 unspecified atom stereocenters. The van der Waals surface area contributed by atoms with Crippen molar-refractivity contribution in [3.63, 3.8) is 0 Å². The van der Waals surface area contributed by atoms with E-state index in [9.17, 15) is 0 Å². The van der Waals surface area contributed by atoms with Crippen molar-refractivity contribution in [3.8, 4) is 33.4 Å². The molecule has 1 aromatic heterocycles. The van der Waals surface area contributed by atoms with Crippen LogP contribution in [0.2, 0.25) is 0 Å². The number of anilines is 1. The Morgan fingerprint density at radius 2 is 1.10 bits per heavy atom. The van der Waals surface area contributed by atoms with Crippen molar-refractivity contribution >= 4 is 55.1 Å². The van der Waals surface area contributed by atoms with Gasteiger partial charge in [-0.1, -0.05) is 133 Å². The largest absolute Gasteiger partial charge is 0.299 e. The van der Waals surface area contributed by atoms with Gasteiger partial charge in [0.15, 0.2) is 0 Å². The first-order valence-electron chi connectivity index (χ1n) is 17.1. The predicted octanol–water partition coefficient (Wildman–Crippen LogP) is 12.0. The molecule has 51 heavy (non-hydrogen) atoms. The summed E-state index contributed by atoms with van der Waals surface area (Å²) in [6.45, 7) is 0. The van der Waals surface area contributed by atoms with Crippen LogP contribution < -0.4 is 5.43 Å². The highest BCUT2D eigenvalue weighted by Crippen LogP contribution is 2.44. The van der Waals surface area contributed by atoms with E-state index in [0.29, 0.717) is 11.4 Å². The molecule has 0 bridgehead atoms. The van der Waals surface area contributed by atoms with Gasteiger partial charge >= 0.3 is 0 Å². The first-order valence-corrected chi connectivity index (χ1v) is 17.1. The highest BCUT2D eigenvalue weighted by Gasteiger charge is 2.17. The van der Waals surface area contributed by atoms with E-state index in [0.717, 1.165) is 44.4 Å². The van der Waals surface area contributed by atoms with E-state index in [1.807, 2.05) is 54.8 Å². The molecule has 0 saturated heterocycles. The van der Waals surface area contributed by atoms with Crippen LogP contribution in [0.5, 0.6) is 0 Å². The molecule has 0 saturated carbocycles. The Kier molecular flexibility index (Phi) is 7.60. The van der Waals surface area contributed by atoms with E-state index in [1.54, 1.807) is 0 Å². The van der Waals surface area contributed by atoms with E-state index in [1.165, 1.54) is 38.2 Å². The third kappa shape index (κ3) is 5.69. The van der Waals surface area contributed by atoms with Crippen molar-refractivity contribution in [2.24, 2.45) is 5.10 Å². The number of nitrogens with one attached hydrogen (secondary N) is 2. The number of nitrogens with zero attached hydrogens (tertiary/aromatic N) is 2. The van der Waals surface area contributed by atoms with Gasteiger partial charge in [-0.05, 0) is 103 Å². The Balaban J connectivity index is 0.995. The average Bonchev–Trinajstić information content (AvgIpc) is 3.20. The number of fused-ring (bicyclic) bond motifs is 3. The van der Waals surface area contributed by atoms with Gasteiger partial charge in [0.25, 0.3) is 0 Å². The van der Waals surface area contributed by atoms with Crippen LogP contribution >= 0.6 is 0 Å². The molecule has 0 amide bonds. The third-order valence-electron chi connectivity index (χ3n) is 9.59. The maximum Gasteiger partial charge on any atom is 0.108 e. The molecule has 4 nitrogen and oxygen atoms in total. The molecule has 9 rings (SSSR count). The summed E-state index contributed by atoms with van der Waals surface area (Å²) in [5, 5.41) is 19.4. The molecule has 1 aliphatic carbocycles. The van der Waals surface area contributed by atoms with Crippen molar-refractivity contribution in [3.05, 3.63) is 188 Å². The van der Waals surface area contributed by atoms with Crippen LogP contribution in [0.25, 0.3) is 71.4 Å². The number of rotatable bonds is 6. The van der Waals surface area contributed by atoms with E-state index < -0.39 is 0 Å². The van der Waals surface area contributed by atoms with E-state index >= 15 is 0 Å². The molecular formula is C47H32N4. The summed E-state index contributed by atoms with van der Waals surface area (Å²) in [6.07, 6.45) is 7.75. The minimum absolute atomic E-state index is 0.354. The second-order valence-electron chi connectivity index (χ2n) is 12.7.